The molecule has 0 radical (unpaired) electrons. The molecule has 0 bridgehead atoms. The van der Waals surface area contributed by atoms with Crippen LogP contribution < -0.4 is 0 Å². The van der Waals surface area contributed by atoms with Crippen molar-refractivity contribution in [2.45, 2.75) is 51.6 Å². The summed E-state index contributed by atoms with van der Waals surface area (Å²) in [6, 6.07) is -0.793. The zero-order valence-electron chi connectivity index (χ0n) is 16.5. The normalized spacial score (nSPS) is 29.9. The molecule has 0 aromatic rings. The first kappa shape index (κ1) is 20.3. The van der Waals surface area contributed by atoms with Crippen LogP contribution in [0.5, 0.6) is 0 Å². The number of carbonyl (C=O) groups excluding carboxylic acids is 2. The predicted molar refractivity (Wildman–Crippen MR) is 103 cm³/mol. The van der Waals surface area contributed by atoms with E-state index in [-0.39, 0.29) is 23.8 Å². The van der Waals surface area contributed by atoms with Gasteiger partial charge in [0.1, 0.15) is 0 Å². The fraction of sp³-hybridized carbons (Fsp3) is 0.789. The molecule has 0 aliphatic carbocycles. The molecule has 152 valence electrons. The molecule has 2 amide bonds. The van der Waals surface area contributed by atoms with Crippen molar-refractivity contribution in [3.05, 3.63) is 12.2 Å². The van der Waals surface area contributed by atoms with Crippen molar-refractivity contribution < 1.29 is 18.0 Å². The van der Waals surface area contributed by atoms with Crippen LogP contribution in [-0.2, 0) is 19.6 Å². The highest BCUT2D eigenvalue weighted by Gasteiger charge is 2.58. The summed E-state index contributed by atoms with van der Waals surface area (Å²) >= 11 is 0. The zero-order chi connectivity index (χ0) is 19.8. The summed E-state index contributed by atoms with van der Waals surface area (Å²) in [7, 11) is -3.63. The number of piperidine rings is 1. The Morgan fingerprint density at radius 1 is 1.19 bits per heavy atom. The van der Waals surface area contributed by atoms with Crippen LogP contribution in [0.25, 0.3) is 0 Å². The molecule has 3 heterocycles. The van der Waals surface area contributed by atoms with E-state index in [9.17, 15) is 18.0 Å². The topological polar surface area (TPSA) is 78.0 Å². The quantitative estimate of drug-likeness (QED) is 0.649. The smallest absolute Gasteiger partial charge is 0.246 e. The minimum atomic E-state index is -3.63. The average molecular weight is 398 g/mol. The Bertz CT molecular complexity index is 712. The Morgan fingerprint density at radius 3 is 2.44 bits per heavy atom. The SMILES string of the molecule is CC(C)C1C(=O)N(S(C)(=O)=O)[C@H]2CCN(C(=O)C=CCN3CCCCC3)[C@H]12. The van der Waals surface area contributed by atoms with Gasteiger partial charge in [-0.2, -0.15) is 0 Å². The van der Waals surface area contributed by atoms with Gasteiger partial charge in [-0.3, -0.25) is 14.5 Å². The van der Waals surface area contributed by atoms with Crippen molar-refractivity contribution in [2.75, 3.05) is 32.4 Å². The number of nitrogens with zero attached hydrogens (tertiary/aromatic N) is 3. The van der Waals surface area contributed by atoms with Crippen LogP contribution in [-0.4, -0.2) is 78.9 Å². The van der Waals surface area contributed by atoms with E-state index in [0.29, 0.717) is 13.0 Å². The number of hydrogen-bond donors (Lipinski definition) is 0. The van der Waals surface area contributed by atoms with Gasteiger partial charge in [-0.05, 0) is 38.3 Å². The van der Waals surface area contributed by atoms with Crippen molar-refractivity contribution in [1.29, 1.82) is 0 Å². The Kier molecular flexibility index (Phi) is 5.96. The molecule has 7 nitrogen and oxygen atoms in total. The molecule has 27 heavy (non-hydrogen) atoms. The highest BCUT2D eigenvalue weighted by molar-refractivity contribution is 7.88. The minimum absolute atomic E-state index is 0.0255. The lowest BCUT2D eigenvalue weighted by Crippen LogP contribution is -2.43. The number of carbonyl (C=O) groups is 2. The van der Waals surface area contributed by atoms with Crippen molar-refractivity contribution in [1.82, 2.24) is 14.1 Å². The van der Waals surface area contributed by atoms with Crippen LogP contribution in [0.2, 0.25) is 0 Å². The van der Waals surface area contributed by atoms with Crippen molar-refractivity contribution in [2.24, 2.45) is 11.8 Å². The van der Waals surface area contributed by atoms with Gasteiger partial charge in [0.25, 0.3) is 0 Å². The first-order valence-electron chi connectivity index (χ1n) is 9.94. The third kappa shape index (κ3) is 4.06. The van der Waals surface area contributed by atoms with Gasteiger partial charge in [0.2, 0.25) is 21.8 Å². The molecule has 1 unspecified atom stereocenters. The minimum Gasteiger partial charge on any atom is -0.333 e. The van der Waals surface area contributed by atoms with E-state index in [1.807, 2.05) is 19.9 Å². The van der Waals surface area contributed by atoms with Crippen LogP contribution in [0.4, 0.5) is 0 Å². The van der Waals surface area contributed by atoms with Gasteiger partial charge in [-0.1, -0.05) is 26.3 Å². The molecule has 0 N–H and O–H groups in total. The van der Waals surface area contributed by atoms with Gasteiger partial charge in [-0.15, -0.1) is 0 Å². The molecule has 3 rings (SSSR count). The van der Waals surface area contributed by atoms with Gasteiger partial charge in [0.05, 0.1) is 24.3 Å². The maximum Gasteiger partial charge on any atom is 0.246 e. The molecular weight excluding hydrogens is 366 g/mol. The third-order valence-electron chi connectivity index (χ3n) is 6.02. The van der Waals surface area contributed by atoms with Crippen molar-refractivity contribution >= 4 is 21.8 Å². The van der Waals surface area contributed by atoms with E-state index in [1.165, 1.54) is 19.3 Å². The third-order valence-corrected chi connectivity index (χ3v) is 7.19. The van der Waals surface area contributed by atoms with E-state index in [0.717, 1.165) is 30.2 Å². The second kappa shape index (κ2) is 7.91. The largest absolute Gasteiger partial charge is 0.333 e. The van der Waals surface area contributed by atoms with E-state index >= 15 is 0 Å². The van der Waals surface area contributed by atoms with Crippen LogP contribution in [0.3, 0.4) is 0 Å². The van der Waals surface area contributed by atoms with Gasteiger partial charge < -0.3 is 4.90 Å². The second-order valence-electron chi connectivity index (χ2n) is 8.31. The number of likely N-dealkylation sites (tertiary alicyclic amines) is 2. The number of sulfonamides is 1. The maximum absolute atomic E-state index is 12.8. The molecule has 3 fully saturated rings. The van der Waals surface area contributed by atoms with Crippen LogP contribution in [0.1, 0.15) is 39.5 Å². The first-order chi connectivity index (χ1) is 12.7. The Hall–Kier alpha value is -1.41. The van der Waals surface area contributed by atoms with Crippen LogP contribution in [0.15, 0.2) is 12.2 Å². The molecule has 8 heteroatoms. The fourth-order valence-electron chi connectivity index (χ4n) is 4.83. The number of hydrogen-bond acceptors (Lipinski definition) is 5. The highest BCUT2D eigenvalue weighted by Crippen LogP contribution is 2.41. The number of fused-ring (bicyclic) bond motifs is 1. The molecule has 3 saturated heterocycles. The zero-order valence-corrected chi connectivity index (χ0v) is 17.3. The Morgan fingerprint density at radius 2 is 1.85 bits per heavy atom. The summed E-state index contributed by atoms with van der Waals surface area (Å²) in [6.07, 6.45) is 8.77. The monoisotopic (exact) mass is 397 g/mol. The summed E-state index contributed by atoms with van der Waals surface area (Å²) in [5.74, 6) is -0.972. The lowest BCUT2D eigenvalue weighted by atomic mass is 9.88. The van der Waals surface area contributed by atoms with Crippen molar-refractivity contribution in [3.8, 4) is 0 Å². The van der Waals surface area contributed by atoms with Crippen LogP contribution >= 0.6 is 0 Å². The highest BCUT2D eigenvalue weighted by atomic mass is 32.2. The van der Waals surface area contributed by atoms with E-state index in [1.54, 1.807) is 11.0 Å². The summed E-state index contributed by atoms with van der Waals surface area (Å²) in [5, 5.41) is 0. The second-order valence-corrected chi connectivity index (χ2v) is 10.2. The molecule has 0 aromatic heterocycles. The van der Waals surface area contributed by atoms with Gasteiger partial charge >= 0.3 is 0 Å². The van der Waals surface area contributed by atoms with Gasteiger partial charge in [-0.25, -0.2) is 12.7 Å². The van der Waals surface area contributed by atoms with E-state index in [2.05, 4.69) is 4.90 Å². The van der Waals surface area contributed by atoms with Gasteiger partial charge in [0, 0.05) is 19.2 Å². The average Bonchev–Trinajstić information content (AvgIpc) is 3.11. The lowest BCUT2D eigenvalue weighted by Gasteiger charge is -2.28. The molecular formula is C19H31N3O4S. The van der Waals surface area contributed by atoms with E-state index in [4.69, 9.17) is 0 Å². The molecule has 0 saturated carbocycles. The predicted octanol–water partition coefficient (Wildman–Crippen LogP) is 1.07. The molecule has 3 aliphatic rings. The van der Waals surface area contributed by atoms with E-state index < -0.39 is 22.0 Å². The van der Waals surface area contributed by atoms with Crippen LogP contribution in [0, 0.1) is 11.8 Å². The fourth-order valence-corrected chi connectivity index (χ4v) is 6.00. The summed E-state index contributed by atoms with van der Waals surface area (Å²) in [4.78, 5) is 29.6. The lowest BCUT2D eigenvalue weighted by molar-refractivity contribution is -0.131. The first-order valence-corrected chi connectivity index (χ1v) is 11.8. The van der Waals surface area contributed by atoms with Gasteiger partial charge in [0.15, 0.2) is 0 Å². The number of amides is 2. The number of rotatable bonds is 5. The van der Waals surface area contributed by atoms with Crippen molar-refractivity contribution in [3.63, 3.8) is 0 Å². The molecule has 3 atom stereocenters. The molecule has 3 aliphatic heterocycles. The maximum atomic E-state index is 12.8. The standard InChI is InChI=1S/C19H31N3O4S/c1-14(2)17-18-15(22(19(17)24)27(3,25)26)9-13-21(18)16(23)8-7-12-20-10-5-4-6-11-20/h7-8,14-15,17-18H,4-6,9-13H2,1-3H3/t15-,17?,18-/m0/s1. The molecule has 0 aromatic carbocycles. The Labute approximate surface area is 162 Å². The summed E-state index contributed by atoms with van der Waals surface area (Å²) in [6.45, 7) is 7.22. The molecule has 0 spiro atoms. The summed E-state index contributed by atoms with van der Waals surface area (Å²) in [5.41, 5.74) is 0. The Balaban J connectivity index is 1.73. The summed E-state index contributed by atoms with van der Waals surface area (Å²) < 4.78 is 25.4.